The van der Waals surface area contributed by atoms with E-state index in [1.807, 2.05) is 48.5 Å². The van der Waals surface area contributed by atoms with Gasteiger partial charge in [-0.2, -0.15) is 0 Å². The van der Waals surface area contributed by atoms with Gasteiger partial charge in [-0.05, 0) is 41.7 Å². The van der Waals surface area contributed by atoms with Crippen molar-refractivity contribution in [2.24, 2.45) is 11.8 Å². The van der Waals surface area contributed by atoms with Gasteiger partial charge in [-0.15, -0.1) is 0 Å². The Morgan fingerprint density at radius 2 is 1.84 bits per heavy atom. The predicted molar refractivity (Wildman–Crippen MR) is 100.0 cm³/mol. The fourth-order valence-electron chi connectivity index (χ4n) is 3.28. The average Bonchev–Trinajstić information content (AvgIpc) is 3.09. The van der Waals surface area contributed by atoms with Gasteiger partial charge in [0.2, 0.25) is 0 Å². The van der Waals surface area contributed by atoms with Crippen LogP contribution in [0.25, 0.3) is 0 Å². The number of aliphatic hydroxyl groups excluding tert-OH is 1. The molecule has 4 nitrogen and oxygen atoms in total. The molecule has 1 aliphatic heterocycles. The van der Waals surface area contributed by atoms with Crippen LogP contribution in [-0.2, 0) is 6.42 Å². The summed E-state index contributed by atoms with van der Waals surface area (Å²) >= 11 is 5.94. The minimum absolute atomic E-state index is 0.0619. The first-order valence-corrected chi connectivity index (χ1v) is 8.97. The average molecular weight is 359 g/mol. The van der Waals surface area contributed by atoms with E-state index in [-0.39, 0.29) is 24.3 Å². The molecule has 3 N–H and O–H groups in total. The second-order valence-corrected chi connectivity index (χ2v) is 6.97. The van der Waals surface area contributed by atoms with Crippen LogP contribution in [0.15, 0.2) is 48.5 Å². The molecule has 25 heavy (non-hydrogen) atoms. The van der Waals surface area contributed by atoms with E-state index in [1.54, 1.807) is 0 Å². The minimum Gasteiger partial charge on any atom is -0.396 e. The number of rotatable bonds is 6. The topological polar surface area (TPSA) is 61.4 Å². The van der Waals surface area contributed by atoms with Crippen LogP contribution in [0.4, 0.5) is 0 Å². The lowest BCUT2D eigenvalue weighted by atomic mass is 9.96. The molecule has 2 atom stereocenters. The Balaban J connectivity index is 1.67. The van der Waals surface area contributed by atoms with Gasteiger partial charge in [-0.1, -0.05) is 41.9 Å². The number of halogens is 1. The smallest absolute Gasteiger partial charge is 0.251 e. The van der Waals surface area contributed by atoms with Gasteiger partial charge < -0.3 is 15.7 Å². The van der Waals surface area contributed by atoms with E-state index < -0.39 is 0 Å². The number of nitrogens with one attached hydrogen (secondary N) is 2. The lowest BCUT2D eigenvalue weighted by Gasteiger charge is -2.17. The first kappa shape index (κ1) is 17.9. The highest BCUT2D eigenvalue weighted by Crippen LogP contribution is 2.18. The van der Waals surface area contributed by atoms with Crippen LogP contribution in [0.5, 0.6) is 0 Å². The van der Waals surface area contributed by atoms with Crippen molar-refractivity contribution in [1.29, 1.82) is 0 Å². The van der Waals surface area contributed by atoms with Crippen molar-refractivity contribution in [3.63, 3.8) is 0 Å². The fourth-order valence-corrected chi connectivity index (χ4v) is 3.40. The van der Waals surface area contributed by atoms with E-state index in [2.05, 4.69) is 10.6 Å². The molecule has 0 aliphatic carbocycles. The molecule has 1 amide bonds. The third-order valence-electron chi connectivity index (χ3n) is 4.81. The molecule has 0 radical (unpaired) electrons. The second-order valence-electron chi connectivity index (χ2n) is 6.53. The van der Waals surface area contributed by atoms with Crippen LogP contribution in [-0.4, -0.2) is 37.3 Å². The summed E-state index contributed by atoms with van der Waals surface area (Å²) < 4.78 is 0. The predicted octanol–water partition coefficient (Wildman–Crippen LogP) is 2.49. The summed E-state index contributed by atoms with van der Waals surface area (Å²) in [5.41, 5.74) is 2.81. The molecular weight excluding hydrogens is 336 g/mol. The van der Waals surface area contributed by atoms with E-state index >= 15 is 0 Å². The lowest BCUT2D eigenvalue weighted by molar-refractivity contribution is 0.0939. The Morgan fingerprint density at radius 1 is 1.12 bits per heavy atom. The number of aliphatic hydroxyl groups is 1. The van der Waals surface area contributed by atoms with Crippen molar-refractivity contribution >= 4 is 17.5 Å². The van der Waals surface area contributed by atoms with Gasteiger partial charge in [-0.3, -0.25) is 4.79 Å². The molecule has 0 unspecified atom stereocenters. The van der Waals surface area contributed by atoms with E-state index in [0.29, 0.717) is 23.6 Å². The number of amides is 1. The normalized spacial score (nSPS) is 19.8. The molecule has 1 saturated heterocycles. The zero-order valence-electron chi connectivity index (χ0n) is 14.0. The number of carbonyl (C=O) groups excluding carboxylic acids is 1. The molecule has 1 fully saturated rings. The summed E-state index contributed by atoms with van der Waals surface area (Å²) in [6.07, 6.45) is 0.686. The fraction of sp³-hybridized carbons (Fsp3) is 0.350. The van der Waals surface area contributed by atoms with Crippen molar-refractivity contribution in [3.05, 3.63) is 70.2 Å². The maximum Gasteiger partial charge on any atom is 0.251 e. The number of hydrogen-bond donors (Lipinski definition) is 3. The van der Waals surface area contributed by atoms with Gasteiger partial charge in [0, 0.05) is 42.7 Å². The Morgan fingerprint density at radius 3 is 2.60 bits per heavy atom. The molecule has 0 aromatic heterocycles. The third-order valence-corrected chi connectivity index (χ3v) is 5.06. The summed E-state index contributed by atoms with van der Waals surface area (Å²) in [6.45, 7) is 2.37. The molecule has 0 bridgehead atoms. The van der Waals surface area contributed by atoms with Crippen molar-refractivity contribution < 1.29 is 9.90 Å². The zero-order chi connectivity index (χ0) is 17.6. The van der Waals surface area contributed by atoms with Gasteiger partial charge in [0.1, 0.15) is 0 Å². The van der Waals surface area contributed by atoms with Crippen molar-refractivity contribution in [2.45, 2.75) is 6.42 Å². The van der Waals surface area contributed by atoms with Crippen LogP contribution in [0.3, 0.4) is 0 Å². The molecule has 1 aliphatic rings. The van der Waals surface area contributed by atoms with Gasteiger partial charge in [0.05, 0.1) is 0 Å². The van der Waals surface area contributed by atoms with Gasteiger partial charge in [0.15, 0.2) is 0 Å². The molecule has 0 spiro atoms. The van der Waals surface area contributed by atoms with Gasteiger partial charge >= 0.3 is 0 Å². The number of hydrogen-bond acceptors (Lipinski definition) is 3. The number of benzene rings is 2. The Bertz CT molecular complexity index is 718. The van der Waals surface area contributed by atoms with Crippen LogP contribution in [0.2, 0.25) is 5.02 Å². The third kappa shape index (κ3) is 4.60. The Hall–Kier alpha value is -1.88. The van der Waals surface area contributed by atoms with E-state index in [0.717, 1.165) is 24.2 Å². The monoisotopic (exact) mass is 358 g/mol. The summed E-state index contributed by atoms with van der Waals surface area (Å²) in [7, 11) is 0. The largest absolute Gasteiger partial charge is 0.396 e. The minimum atomic E-state index is -0.0619. The van der Waals surface area contributed by atoms with Gasteiger partial charge in [-0.25, -0.2) is 0 Å². The molecule has 0 saturated carbocycles. The summed E-state index contributed by atoms with van der Waals surface area (Å²) in [5.74, 6) is 0.426. The summed E-state index contributed by atoms with van der Waals surface area (Å²) in [4.78, 5) is 12.6. The van der Waals surface area contributed by atoms with Crippen molar-refractivity contribution in [1.82, 2.24) is 10.6 Å². The first-order chi connectivity index (χ1) is 12.2. The Kier molecular flexibility index (Phi) is 6.08. The molecular formula is C20H23ClN2O2. The SMILES string of the molecule is O=C(NC[C@H]1CNC[C@@H]1CO)c1ccccc1Cc1ccc(Cl)cc1. The second kappa shape index (κ2) is 8.48. The van der Waals surface area contributed by atoms with Crippen molar-refractivity contribution in [2.75, 3.05) is 26.2 Å². The highest BCUT2D eigenvalue weighted by Gasteiger charge is 2.26. The summed E-state index contributed by atoms with van der Waals surface area (Å²) in [6, 6.07) is 15.4. The Labute approximate surface area is 153 Å². The first-order valence-electron chi connectivity index (χ1n) is 8.59. The molecule has 2 aromatic rings. The molecule has 3 rings (SSSR count). The lowest BCUT2D eigenvalue weighted by Crippen LogP contribution is -2.34. The number of carbonyl (C=O) groups is 1. The molecule has 1 heterocycles. The van der Waals surface area contributed by atoms with Gasteiger partial charge in [0.25, 0.3) is 5.91 Å². The molecule has 2 aromatic carbocycles. The maximum atomic E-state index is 12.6. The van der Waals surface area contributed by atoms with Crippen LogP contribution in [0, 0.1) is 11.8 Å². The highest BCUT2D eigenvalue weighted by atomic mass is 35.5. The van der Waals surface area contributed by atoms with Crippen LogP contribution in [0.1, 0.15) is 21.5 Å². The van der Waals surface area contributed by atoms with Crippen LogP contribution < -0.4 is 10.6 Å². The summed E-state index contributed by atoms with van der Waals surface area (Å²) in [5, 5.41) is 16.4. The van der Waals surface area contributed by atoms with Crippen molar-refractivity contribution in [3.8, 4) is 0 Å². The van der Waals surface area contributed by atoms with E-state index in [1.165, 1.54) is 0 Å². The van der Waals surface area contributed by atoms with Crippen LogP contribution >= 0.6 is 11.6 Å². The van der Waals surface area contributed by atoms with E-state index in [9.17, 15) is 9.90 Å². The molecule has 132 valence electrons. The quantitative estimate of drug-likeness (QED) is 0.743. The van der Waals surface area contributed by atoms with E-state index in [4.69, 9.17) is 11.6 Å². The highest BCUT2D eigenvalue weighted by molar-refractivity contribution is 6.30. The maximum absolute atomic E-state index is 12.6. The molecule has 5 heteroatoms. The zero-order valence-corrected chi connectivity index (χ0v) is 14.8. The standard InChI is InChI=1S/C20H23ClN2O2/c21-18-7-5-14(6-8-18)9-15-3-1-2-4-19(15)20(25)23-12-16-10-22-11-17(16)13-24/h1-8,16-17,22,24H,9-13H2,(H,23,25)/t16-,17-/m1/s1.